The molecule has 0 aliphatic carbocycles. The molecular formula is C18H20N2O. The average Bonchev–Trinajstić information content (AvgIpc) is 2.79. The normalized spacial score (nSPS) is 12.8. The minimum Gasteiger partial charge on any atom is -0.387 e. The molecular weight excluding hydrogens is 260 g/mol. The Balaban J connectivity index is 2.37. The number of aryl methyl sites for hydroxylation is 3. The maximum absolute atomic E-state index is 10.3. The Morgan fingerprint density at radius 3 is 2.52 bits per heavy atom. The van der Waals surface area contributed by atoms with Crippen molar-refractivity contribution in [2.24, 2.45) is 0 Å². The highest BCUT2D eigenvalue weighted by Gasteiger charge is 2.19. The number of pyridine rings is 1. The molecule has 0 radical (unpaired) electrons. The van der Waals surface area contributed by atoms with Crippen molar-refractivity contribution in [1.29, 1.82) is 0 Å². The molecule has 1 aromatic carbocycles. The Kier molecular flexibility index (Phi) is 3.30. The second kappa shape index (κ2) is 5.01. The summed E-state index contributed by atoms with van der Waals surface area (Å²) < 4.78 is 2.04. The molecule has 3 nitrogen and oxygen atoms in total. The first-order valence-electron chi connectivity index (χ1n) is 7.22. The van der Waals surface area contributed by atoms with Crippen molar-refractivity contribution in [3.63, 3.8) is 0 Å². The molecule has 0 saturated carbocycles. The predicted octanol–water partition coefficient (Wildman–Crippen LogP) is 3.98. The highest BCUT2D eigenvalue weighted by Crippen LogP contribution is 2.32. The van der Waals surface area contributed by atoms with Crippen LogP contribution in [0.4, 0.5) is 0 Å². The zero-order chi connectivity index (χ0) is 15.1. The second-order valence-corrected chi connectivity index (χ2v) is 5.70. The molecule has 3 heteroatoms. The van der Waals surface area contributed by atoms with E-state index < -0.39 is 6.10 Å². The van der Waals surface area contributed by atoms with E-state index in [1.165, 1.54) is 11.1 Å². The zero-order valence-corrected chi connectivity index (χ0v) is 12.9. The van der Waals surface area contributed by atoms with E-state index in [0.29, 0.717) is 0 Å². The fraction of sp³-hybridized carbons (Fsp3) is 0.278. The SMILES string of the molecule is Cc1ccc(-c2nc3cccc(C)n3c2C(C)O)c(C)c1. The molecule has 0 spiro atoms. The number of nitrogens with zero attached hydrogens (tertiary/aromatic N) is 2. The van der Waals surface area contributed by atoms with E-state index in [9.17, 15) is 5.11 Å². The van der Waals surface area contributed by atoms with Gasteiger partial charge in [0.2, 0.25) is 0 Å². The van der Waals surface area contributed by atoms with Crippen LogP contribution in [-0.2, 0) is 0 Å². The van der Waals surface area contributed by atoms with Gasteiger partial charge in [-0.15, -0.1) is 0 Å². The van der Waals surface area contributed by atoms with Crippen LogP contribution >= 0.6 is 0 Å². The van der Waals surface area contributed by atoms with Gasteiger partial charge in [-0.25, -0.2) is 4.98 Å². The summed E-state index contributed by atoms with van der Waals surface area (Å²) in [5.74, 6) is 0. The lowest BCUT2D eigenvalue weighted by molar-refractivity contribution is 0.194. The van der Waals surface area contributed by atoms with Crippen LogP contribution in [0, 0.1) is 20.8 Å². The first-order chi connectivity index (χ1) is 9.99. The maximum Gasteiger partial charge on any atom is 0.137 e. The van der Waals surface area contributed by atoms with Gasteiger partial charge < -0.3 is 5.11 Å². The van der Waals surface area contributed by atoms with Crippen molar-refractivity contribution < 1.29 is 5.11 Å². The zero-order valence-electron chi connectivity index (χ0n) is 12.9. The van der Waals surface area contributed by atoms with Gasteiger partial charge in [-0.05, 0) is 45.4 Å². The lowest BCUT2D eigenvalue weighted by atomic mass is 10.0. The van der Waals surface area contributed by atoms with E-state index in [4.69, 9.17) is 4.98 Å². The summed E-state index contributed by atoms with van der Waals surface area (Å²) in [6.07, 6.45) is -0.572. The van der Waals surface area contributed by atoms with E-state index >= 15 is 0 Å². The van der Waals surface area contributed by atoms with E-state index in [1.54, 1.807) is 6.92 Å². The summed E-state index contributed by atoms with van der Waals surface area (Å²) in [5, 5.41) is 10.3. The smallest absolute Gasteiger partial charge is 0.137 e. The van der Waals surface area contributed by atoms with Crippen LogP contribution in [0.1, 0.15) is 35.5 Å². The van der Waals surface area contributed by atoms with Gasteiger partial charge in [0.05, 0.1) is 17.5 Å². The molecule has 0 saturated heterocycles. The van der Waals surface area contributed by atoms with Gasteiger partial charge in [-0.3, -0.25) is 4.40 Å². The number of aliphatic hydroxyl groups excluding tert-OH is 1. The van der Waals surface area contributed by atoms with Crippen LogP contribution < -0.4 is 0 Å². The average molecular weight is 280 g/mol. The van der Waals surface area contributed by atoms with Gasteiger partial charge in [0, 0.05) is 11.3 Å². The van der Waals surface area contributed by atoms with Gasteiger partial charge in [-0.1, -0.05) is 29.8 Å². The lowest BCUT2D eigenvalue weighted by Crippen LogP contribution is -2.02. The molecule has 1 N–H and O–H groups in total. The summed E-state index contributed by atoms with van der Waals surface area (Å²) in [5.41, 5.74) is 7.17. The Hall–Kier alpha value is -2.13. The number of aromatic nitrogens is 2. The third kappa shape index (κ3) is 2.24. The number of imidazole rings is 1. The minimum absolute atomic E-state index is 0.572. The fourth-order valence-corrected chi connectivity index (χ4v) is 2.94. The quantitative estimate of drug-likeness (QED) is 0.771. The summed E-state index contributed by atoms with van der Waals surface area (Å²) in [4.78, 5) is 4.76. The van der Waals surface area contributed by atoms with E-state index in [1.807, 2.05) is 29.5 Å². The van der Waals surface area contributed by atoms with Crippen LogP contribution in [0.3, 0.4) is 0 Å². The topological polar surface area (TPSA) is 37.5 Å². The largest absolute Gasteiger partial charge is 0.387 e. The van der Waals surface area contributed by atoms with Gasteiger partial charge in [0.25, 0.3) is 0 Å². The van der Waals surface area contributed by atoms with Gasteiger partial charge in [-0.2, -0.15) is 0 Å². The number of rotatable bonds is 2. The van der Waals surface area contributed by atoms with Crippen molar-refractivity contribution in [2.75, 3.05) is 0 Å². The Morgan fingerprint density at radius 2 is 1.86 bits per heavy atom. The maximum atomic E-state index is 10.3. The molecule has 2 aromatic heterocycles. The first-order valence-corrected chi connectivity index (χ1v) is 7.22. The van der Waals surface area contributed by atoms with E-state index in [0.717, 1.165) is 28.3 Å². The van der Waals surface area contributed by atoms with Crippen LogP contribution in [0.25, 0.3) is 16.9 Å². The second-order valence-electron chi connectivity index (χ2n) is 5.70. The van der Waals surface area contributed by atoms with E-state index in [-0.39, 0.29) is 0 Å². The molecule has 21 heavy (non-hydrogen) atoms. The molecule has 0 aliphatic rings. The standard InChI is InChI=1S/C18H20N2O/c1-11-8-9-15(12(2)10-11)17-18(14(4)21)20-13(3)6-5-7-16(20)19-17/h5-10,14,21H,1-4H3. The fourth-order valence-electron chi connectivity index (χ4n) is 2.94. The van der Waals surface area contributed by atoms with Crippen LogP contribution in [0.15, 0.2) is 36.4 Å². The molecule has 0 amide bonds. The number of hydrogen-bond acceptors (Lipinski definition) is 2. The monoisotopic (exact) mass is 280 g/mol. The molecule has 2 heterocycles. The molecule has 0 fully saturated rings. The van der Waals surface area contributed by atoms with Crippen molar-refractivity contribution in [2.45, 2.75) is 33.8 Å². The number of benzene rings is 1. The minimum atomic E-state index is -0.572. The van der Waals surface area contributed by atoms with Crippen molar-refractivity contribution in [1.82, 2.24) is 9.38 Å². The molecule has 1 atom stereocenters. The molecule has 0 bridgehead atoms. The van der Waals surface area contributed by atoms with Gasteiger partial charge in [0.15, 0.2) is 0 Å². The molecule has 3 rings (SSSR count). The predicted molar refractivity (Wildman–Crippen MR) is 85.5 cm³/mol. The highest BCUT2D eigenvalue weighted by atomic mass is 16.3. The molecule has 1 unspecified atom stereocenters. The summed E-state index contributed by atoms with van der Waals surface area (Å²) in [6.45, 7) is 8.00. The number of hydrogen-bond donors (Lipinski definition) is 1. The van der Waals surface area contributed by atoms with Crippen LogP contribution in [0.2, 0.25) is 0 Å². The molecule has 108 valence electrons. The Bertz CT molecular complexity index is 815. The summed E-state index contributed by atoms with van der Waals surface area (Å²) >= 11 is 0. The van der Waals surface area contributed by atoms with Gasteiger partial charge in [0.1, 0.15) is 5.65 Å². The van der Waals surface area contributed by atoms with Crippen molar-refractivity contribution in [3.05, 3.63) is 58.9 Å². The molecule has 3 aromatic rings. The van der Waals surface area contributed by atoms with Crippen LogP contribution in [-0.4, -0.2) is 14.5 Å². The summed E-state index contributed by atoms with van der Waals surface area (Å²) in [7, 11) is 0. The highest BCUT2D eigenvalue weighted by molar-refractivity contribution is 5.70. The van der Waals surface area contributed by atoms with Crippen molar-refractivity contribution in [3.8, 4) is 11.3 Å². The van der Waals surface area contributed by atoms with E-state index in [2.05, 4.69) is 32.0 Å². The van der Waals surface area contributed by atoms with Gasteiger partial charge >= 0.3 is 0 Å². The third-order valence-corrected chi connectivity index (χ3v) is 3.91. The Morgan fingerprint density at radius 1 is 1.10 bits per heavy atom. The number of aliphatic hydroxyl groups is 1. The van der Waals surface area contributed by atoms with Crippen molar-refractivity contribution >= 4 is 5.65 Å². The first kappa shape index (κ1) is 13.8. The number of fused-ring (bicyclic) bond motifs is 1. The van der Waals surface area contributed by atoms with Crippen LogP contribution in [0.5, 0.6) is 0 Å². The molecule has 0 aliphatic heterocycles. The lowest BCUT2D eigenvalue weighted by Gasteiger charge is -2.11. The Labute approximate surface area is 124 Å². The summed E-state index contributed by atoms with van der Waals surface area (Å²) in [6, 6.07) is 12.3. The third-order valence-electron chi connectivity index (χ3n) is 3.91.